The van der Waals surface area contributed by atoms with Crippen molar-refractivity contribution in [2.75, 3.05) is 18.6 Å². The van der Waals surface area contributed by atoms with E-state index in [1.165, 1.54) is 19.3 Å². The van der Waals surface area contributed by atoms with E-state index in [0.717, 1.165) is 50.4 Å². The fourth-order valence-electron chi connectivity index (χ4n) is 4.84. The van der Waals surface area contributed by atoms with Gasteiger partial charge >= 0.3 is 0 Å². The van der Waals surface area contributed by atoms with Gasteiger partial charge in [-0.05, 0) is 65.9 Å². The lowest BCUT2D eigenvalue weighted by atomic mass is 9.66. The minimum atomic E-state index is -0.250. The molecule has 0 aromatic carbocycles. The van der Waals surface area contributed by atoms with Gasteiger partial charge in [-0.3, -0.25) is 0 Å². The summed E-state index contributed by atoms with van der Waals surface area (Å²) in [5.74, 6) is 6.66. The first-order valence-electron chi connectivity index (χ1n) is 10.8. The molecule has 0 spiro atoms. The molecule has 1 N–H and O–H groups in total. The van der Waals surface area contributed by atoms with Gasteiger partial charge in [-0.1, -0.05) is 12.2 Å². The maximum atomic E-state index is 5.42. The van der Waals surface area contributed by atoms with Gasteiger partial charge in [0.1, 0.15) is 0 Å². The second-order valence-corrected chi connectivity index (χ2v) is 9.45. The molecule has 0 saturated heterocycles. The van der Waals surface area contributed by atoms with Gasteiger partial charge in [0.25, 0.3) is 0 Å². The first-order chi connectivity index (χ1) is 14.2. The van der Waals surface area contributed by atoms with Crippen LogP contribution in [0, 0.1) is 30.1 Å². The number of nitrogens with one attached hydrogen (secondary N) is 1. The number of allylic oxidation sites excluding steroid dienone is 2. The topological polar surface area (TPSA) is 80.4 Å². The first kappa shape index (κ1) is 20.5. The molecule has 1 fully saturated rings. The molecule has 5 rings (SSSR count). The van der Waals surface area contributed by atoms with Crippen molar-refractivity contribution >= 4 is 11.8 Å². The maximum Gasteiger partial charge on any atom is 0.193 e. The Morgan fingerprint density at radius 3 is 2.90 bits per heavy atom. The molecular weight excluding hydrogens is 382 g/mol. The zero-order chi connectivity index (χ0) is 20.1. The van der Waals surface area contributed by atoms with Gasteiger partial charge in [-0.2, -0.15) is 22.0 Å². The predicted molar refractivity (Wildman–Crippen MR) is 115 cm³/mol. The van der Waals surface area contributed by atoms with Crippen LogP contribution in [0.15, 0.2) is 22.4 Å². The smallest absolute Gasteiger partial charge is 0.193 e. The molecule has 1 aromatic rings. The van der Waals surface area contributed by atoms with E-state index in [2.05, 4.69) is 55.4 Å². The number of aromatic nitrogens is 4. The average molecular weight is 414 g/mol. The van der Waals surface area contributed by atoms with Gasteiger partial charge in [0.2, 0.25) is 0 Å². The lowest BCUT2D eigenvalue weighted by molar-refractivity contribution is 0.161. The van der Waals surface area contributed by atoms with Crippen LogP contribution in [0.1, 0.15) is 56.8 Å². The minimum absolute atomic E-state index is 0.167. The fraction of sp³-hybridized carbons (Fsp3) is 0.762. The molecule has 4 atom stereocenters. The molecule has 1 aliphatic heterocycles. The van der Waals surface area contributed by atoms with E-state index in [0.29, 0.717) is 17.8 Å². The van der Waals surface area contributed by atoms with Gasteiger partial charge < -0.3 is 5.32 Å². The van der Waals surface area contributed by atoms with E-state index in [9.17, 15) is 0 Å². The van der Waals surface area contributed by atoms with Gasteiger partial charge in [0.05, 0.1) is 6.04 Å². The van der Waals surface area contributed by atoms with Gasteiger partial charge in [-0.25, -0.2) is 4.68 Å². The largest absolute Gasteiger partial charge is 0.307 e. The molecule has 0 radical (unpaired) electrons. The molecule has 1 aromatic heterocycles. The Kier molecular flexibility index (Phi) is 6.66. The van der Waals surface area contributed by atoms with E-state index >= 15 is 0 Å². The Bertz CT molecular complexity index is 774. The maximum absolute atomic E-state index is 5.42. The zero-order valence-electron chi connectivity index (χ0n) is 17.2. The Morgan fingerprint density at radius 2 is 2.24 bits per heavy atom. The van der Waals surface area contributed by atoms with Crippen LogP contribution in [0.3, 0.4) is 0 Å². The number of hydrogen-bond donors (Lipinski definition) is 1. The molecule has 8 heteroatoms. The average Bonchev–Trinajstić information content (AvgIpc) is 3.38. The molecule has 2 bridgehead atoms. The van der Waals surface area contributed by atoms with Crippen LogP contribution in [-0.2, 0) is 6.54 Å². The first-order valence-corrected chi connectivity index (χ1v) is 12.2. The van der Waals surface area contributed by atoms with Gasteiger partial charge in [-0.15, -0.1) is 17.4 Å². The monoisotopic (exact) mass is 413 g/mol. The molecule has 1 saturated carbocycles. The van der Waals surface area contributed by atoms with Crippen LogP contribution >= 0.6 is 11.8 Å². The highest BCUT2D eigenvalue weighted by molar-refractivity contribution is 7.98. The Morgan fingerprint density at radius 1 is 1.34 bits per heavy atom. The SMILES string of the molecule is C#CCCC1(CCNC(c2nnnn2CCCSC)[C@@H]2C[C@@H]3C=C[C@H]2CC3)N=N1. The summed E-state index contributed by atoms with van der Waals surface area (Å²) in [7, 11) is 0. The van der Waals surface area contributed by atoms with E-state index in [1.807, 2.05) is 16.4 Å². The van der Waals surface area contributed by atoms with Crippen molar-refractivity contribution in [1.82, 2.24) is 25.5 Å². The molecule has 156 valence electrons. The minimum Gasteiger partial charge on any atom is -0.307 e. The van der Waals surface area contributed by atoms with Crippen LogP contribution in [0.25, 0.3) is 0 Å². The Balaban J connectivity index is 1.45. The molecule has 3 aliphatic carbocycles. The third-order valence-corrected chi connectivity index (χ3v) is 7.25. The third-order valence-electron chi connectivity index (χ3n) is 6.55. The van der Waals surface area contributed by atoms with Crippen LogP contribution in [0.2, 0.25) is 0 Å². The zero-order valence-corrected chi connectivity index (χ0v) is 18.0. The normalized spacial score (nSPS) is 27.1. The third kappa shape index (κ3) is 4.89. The Labute approximate surface area is 177 Å². The molecule has 0 amide bonds. The second-order valence-electron chi connectivity index (χ2n) is 8.46. The summed E-state index contributed by atoms with van der Waals surface area (Å²) in [5.41, 5.74) is -0.250. The van der Waals surface area contributed by atoms with Crippen molar-refractivity contribution in [3.8, 4) is 12.3 Å². The molecule has 7 nitrogen and oxygen atoms in total. The fourth-order valence-corrected chi connectivity index (χ4v) is 5.26. The van der Waals surface area contributed by atoms with Crippen molar-refractivity contribution < 1.29 is 0 Å². The number of nitrogens with zero attached hydrogens (tertiary/aromatic N) is 6. The standard InChI is InChI=1S/C21H31N7S/c1-3-4-10-21(24-25-21)11-12-22-19(18-15-16-6-8-17(18)9-7-16)20-23-26-27-28(20)13-5-14-29-2/h1,6,8,16-19,22H,4-5,7,9-15H2,2H3/t16-,17+,18-,19?/m1/s1. The highest BCUT2D eigenvalue weighted by atomic mass is 32.2. The second kappa shape index (κ2) is 9.40. The molecule has 4 aliphatic rings. The van der Waals surface area contributed by atoms with E-state index < -0.39 is 0 Å². The summed E-state index contributed by atoms with van der Waals surface area (Å²) < 4.78 is 2.01. The molecule has 2 heterocycles. The molecule has 1 unspecified atom stereocenters. The number of terminal acetylenes is 1. The summed E-state index contributed by atoms with van der Waals surface area (Å²) in [6.07, 6.45) is 19.7. The number of fused-ring (bicyclic) bond motifs is 2. The van der Waals surface area contributed by atoms with E-state index in [1.54, 1.807) is 0 Å². The lowest BCUT2D eigenvalue weighted by Crippen LogP contribution is -2.40. The van der Waals surface area contributed by atoms with Gasteiger partial charge in [0, 0.05) is 32.4 Å². The van der Waals surface area contributed by atoms with Crippen molar-refractivity contribution in [2.24, 2.45) is 28.0 Å². The van der Waals surface area contributed by atoms with Crippen LogP contribution in [0.4, 0.5) is 0 Å². The number of tetrazole rings is 1. The summed E-state index contributed by atoms with van der Waals surface area (Å²) in [6, 6.07) is 0.167. The molecular formula is C21H31N7S. The molecule has 29 heavy (non-hydrogen) atoms. The highest BCUT2D eigenvalue weighted by Gasteiger charge is 2.41. The lowest BCUT2D eigenvalue weighted by Gasteiger charge is -2.42. The summed E-state index contributed by atoms with van der Waals surface area (Å²) in [5, 5.41) is 25.2. The number of rotatable bonds is 12. The van der Waals surface area contributed by atoms with Crippen molar-refractivity contribution in [3.63, 3.8) is 0 Å². The number of hydrogen-bond acceptors (Lipinski definition) is 7. The summed E-state index contributed by atoms with van der Waals surface area (Å²) >= 11 is 1.86. The summed E-state index contributed by atoms with van der Waals surface area (Å²) in [4.78, 5) is 0. The highest BCUT2D eigenvalue weighted by Crippen LogP contribution is 2.46. The predicted octanol–water partition coefficient (Wildman–Crippen LogP) is 3.62. The quantitative estimate of drug-likeness (QED) is 0.322. The van der Waals surface area contributed by atoms with E-state index in [4.69, 9.17) is 6.42 Å². The number of thioether (sulfide) groups is 1. The number of aryl methyl sites for hydroxylation is 1. The summed E-state index contributed by atoms with van der Waals surface area (Å²) in [6.45, 7) is 1.71. The Hall–Kier alpha value is -1.72. The van der Waals surface area contributed by atoms with Crippen LogP contribution in [0.5, 0.6) is 0 Å². The van der Waals surface area contributed by atoms with Crippen LogP contribution < -0.4 is 5.32 Å². The van der Waals surface area contributed by atoms with Gasteiger partial charge in [0.15, 0.2) is 11.5 Å². The van der Waals surface area contributed by atoms with Crippen LogP contribution in [-0.4, -0.2) is 44.4 Å². The van der Waals surface area contributed by atoms with Crippen molar-refractivity contribution in [1.29, 1.82) is 0 Å². The van der Waals surface area contributed by atoms with Crippen molar-refractivity contribution in [3.05, 3.63) is 18.0 Å². The van der Waals surface area contributed by atoms with E-state index in [-0.39, 0.29) is 11.7 Å². The van der Waals surface area contributed by atoms with Crippen molar-refractivity contribution in [2.45, 2.75) is 63.2 Å².